The Bertz CT molecular complexity index is 219. The molecule has 0 saturated heterocycles. The summed E-state index contributed by atoms with van der Waals surface area (Å²) in [5.41, 5.74) is 1.21. The molecule has 3 heteroatoms. The fourth-order valence-corrected chi connectivity index (χ4v) is 1.47. The van der Waals surface area contributed by atoms with Crippen molar-refractivity contribution in [2.24, 2.45) is 0 Å². The van der Waals surface area contributed by atoms with Gasteiger partial charge in [-0.15, -0.1) is 11.3 Å². The summed E-state index contributed by atoms with van der Waals surface area (Å²) in [5, 5.41) is 4.64. The number of rotatable bonds is 3. The molecule has 1 amide bonds. The van der Waals surface area contributed by atoms with Gasteiger partial charge in [-0.25, -0.2) is 0 Å². The van der Waals surface area contributed by atoms with E-state index in [0.29, 0.717) is 6.54 Å². The van der Waals surface area contributed by atoms with Crippen LogP contribution in [0.25, 0.3) is 0 Å². The minimum Gasteiger partial charge on any atom is -0.355 e. The number of nitrogens with one attached hydrogen (secondary N) is 1. The number of carbonyl (C=O) groups is 1. The van der Waals surface area contributed by atoms with Crippen LogP contribution < -0.4 is 5.32 Å². The van der Waals surface area contributed by atoms with Crippen molar-refractivity contribution in [2.45, 2.75) is 13.5 Å². The summed E-state index contributed by atoms with van der Waals surface area (Å²) in [6.45, 7) is 2.70. The van der Waals surface area contributed by atoms with Crippen molar-refractivity contribution >= 4 is 17.7 Å². The number of thiophene rings is 1. The van der Waals surface area contributed by atoms with Gasteiger partial charge in [0.05, 0.1) is 0 Å². The molecule has 1 N–H and O–H groups in total. The van der Waals surface area contributed by atoms with Crippen LogP contribution in [0.2, 0.25) is 0 Å². The van der Waals surface area contributed by atoms with Crippen LogP contribution >= 0.6 is 11.3 Å². The molecule has 2 nitrogen and oxygen atoms in total. The average Bonchev–Trinajstić information content (AvgIpc) is 2.31. The minimum absolute atomic E-state index is 0.652. The normalized spacial score (nSPS) is 9.30. The smallest absolute Gasteiger partial charge is 0.207 e. The van der Waals surface area contributed by atoms with Crippen molar-refractivity contribution in [3.63, 3.8) is 0 Å². The monoisotopic (exact) mass is 155 g/mol. The molecule has 0 fully saturated rings. The van der Waals surface area contributed by atoms with E-state index in [1.54, 1.807) is 11.3 Å². The number of amides is 1. The van der Waals surface area contributed by atoms with E-state index in [-0.39, 0.29) is 0 Å². The van der Waals surface area contributed by atoms with Gasteiger partial charge in [0.15, 0.2) is 0 Å². The average molecular weight is 155 g/mol. The Labute approximate surface area is 63.9 Å². The van der Waals surface area contributed by atoms with Crippen molar-refractivity contribution in [3.8, 4) is 0 Å². The van der Waals surface area contributed by atoms with Crippen molar-refractivity contribution in [3.05, 3.63) is 21.9 Å². The topological polar surface area (TPSA) is 29.1 Å². The van der Waals surface area contributed by atoms with Gasteiger partial charge >= 0.3 is 0 Å². The summed E-state index contributed by atoms with van der Waals surface area (Å²) in [5.74, 6) is 0. The van der Waals surface area contributed by atoms with E-state index >= 15 is 0 Å². The third-order valence-corrected chi connectivity index (χ3v) is 2.23. The summed E-state index contributed by atoms with van der Waals surface area (Å²) >= 11 is 1.70. The zero-order valence-corrected chi connectivity index (χ0v) is 6.57. The van der Waals surface area contributed by atoms with Gasteiger partial charge in [-0.1, -0.05) is 0 Å². The van der Waals surface area contributed by atoms with Crippen LogP contribution in [0.5, 0.6) is 0 Å². The largest absolute Gasteiger partial charge is 0.355 e. The maximum atomic E-state index is 9.90. The molecule has 0 aliphatic carbocycles. The lowest BCUT2D eigenvalue weighted by Crippen LogP contribution is -2.09. The number of hydrogen-bond donors (Lipinski definition) is 1. The molecular formula is C7H9NOS. The Morgan fingerprint density at radius 1 is 1.80 bits per heavy atom. The standard InChI is InChI=1S/C7H9NOS/c1-6-7(2-3-10-6)4-8-5-9/h2-3,5H,4H2,1H3,(H,8,9). The Morgan fingerprint density at radius 2 is 2.60 bits per heavy atom. The molecule has 0 unspecified atom stereocenters. The van der Waals surface area contributed by atoms with E-state index in [9.17, 15) is 4.79 Å². The van der Waals surface area contributed by atoms with Gasteiger partial charge in [0.2, 0.25) is 6.41 Å². The van der Waals surface area contributed by atoms with Gasteiger partial charge in [0.1, 0.15) is 0 Å². The molecule has 1 heterocycles. The van der Waals surface area contributed by atoms with Gasteiger partial charge in [-0.3, -0.25) is 4.79 Å². The molecule has 0 radical (unpaired) electrons. The Morgan fingerprint density at radius 3 is 3.10 bits per heavy atom. The first-order chi connectivity index (χ1) is 4.84. The second-order valence-electron chi connectivity index (χ2n) is 2.00. The minimum atomic E-state index is 0.652. The van der Waals surface area contributed by atoms with Crippen LogP contribution in [-0.4, -0.2) is 6.41 Å². The highest BCUT2D eigenvalue weighted by Crippen LogP contribution is 2.13. The van der Waals surface area contributed by atoms with Gasteiger partial charge in [-0.05, 0) is 23.9 Å². The van der Waals surface area contributed by atoms with E-state index in [1.165, 1.54) is 10.4 Å². The first kappa shape index (κ1) is 7.28. The Hall–Kier alpha value is -0.830. The molecule has 10 heavy (non-hydrogen) atoms. The molecular weight excluding hydrogens is 146 g/mol. The molecule has 0 saturated carbocycles. The fraction of sp³-hybridized carbons (Fsp3) is 0.286. The lowest BCUT2D eigenvalue weighted by molar-refractivity contribution is -0.109. The number of hydrogen-bond acceptors (Lipinski definition) is 2. The second kappa shape index (κ2) is 3.37. The van der Waals surface area contributed by atoms with Crippen LogP contribution in [0.15, 0.2) is 11.4 Å². The Kier molecular flexibility index (Phi) is 2.45. The van der Waals surface area contributed by atoms with Gasteiger partial charge in [-0.2, -0.15) is 0 Å². The van der Waals surface area contributed by atoms with Crippen LogP contribution in [-0.2, 0) is 11.3 Å². The van der Waals surface area contributed by atoms with Crippen LogP contribution in [0.1, 0.15) is 10.4 Å². The summed E-state index contributed by atoms with van der Waals surface area (Å²) in [7, 11) is 0. The molecule has 0 atom stereocenters. The van der Waals surface area contributed by atoms with E-state index in [0.717, 1.165) is 6.41 Å². The third-order valence-electron chi connectivity index (χ3n) is 1.34. The Balaban J connectivity index is 2.56. The SMILES string of the molecule is Cc1sccc1CNC=O. The molecule has 54 valence electrons. The highest BCUT2D eigenvalue weighted by atomic mass is 32.1. The van der Waals surface area contributed by atoms with Crippen molar-refractivity contribution < 1.29 is 4.79 Å². The summed E-state index contributed by atoms with van der Waals surface area (Å²) in [4.78, 5) is 11.2. The van der Waals surface area contributed by atoms with Crippen molar-refractivity contribution in [2.75, 3.05) is 0 Å². The van der Waals surface area contributed by atoms with Crippen LogP contribution in [0, 0.1) is 6.92 Å². The summed E-state index contributed by atoms with van der Waals surface area (Å²) in [6, 6.07) is 2.02. The lowest BCUT2D eigenvalue weighted by atomic mass is 10.3. The number of aryl methyl sites for hydroxylation is 1. The molecule has 0 aliphatic rings. The van der Waals surface area contributed by atoms with Crippen LogP contribution in [0.3, 0.4) is 0 Å². The number of carbonyl (C=O) groups excluding carboxylic acids is 1. The summed E-state index contributed by atoms with van der Waals surface area (Å²) < 4.78 is 0. The molecule has 1 aromatic heterocycles. The quantitative estimate of drug-likeness (QED) is 0.655. The van der Waals surface area contributed by atoms with Gasteiger partial charge < -0.3 is 5.32 Å². The third kappa shape index (κ3) is 1.57. The van der Waals surface area contributed by atoms with Gasteiger partial charge in [0.25, 0.3) is 0 Å². The van der Waals surface area contributed by atoms with E-state index < -0.39 is 0 Å². The summed E-state index contributed by atoms with van der Waals surface area (Å²) in [6.07, 6.45) is 0.719. The lowest BCUT2D eigenvalue weighted by Gasteiger charge is -1.95. The van der Waals surface area contributed by atoms with Crippen LogP contribution in [0.4, 0.5) is 0 Å². The first-order valence-corrected chi connectivity index (χ1v) is 3.92. The molecule has 0 aliphatic heterocycles. The second-order valence-corrected chi connectivity index (χ2v) is 3.12. The molecule has 1 aromatic rings. The molecule has 0 bridgehead atoms. The highest BCUT2D eigenvalue weighted by molar-refractivity contribution is 7.10. The highest BCUT2D eigenvalue weighted by Gasteiger charge is 1.95. The zero-order chi connectivity index (χ0) is 7.40. The maximum Gasteiger partial charge on any atom is 0.207 e. The molecule has 0 aromatic carbocycles. The van der Waals surface area contributed by atoms with E-state index in [2.05, 4.69) is 5.32 Å². The van der Waals surface area contributed by atoms with Crippen molar-refractivity contribution in [1.29, 1.82) is 0 Å². The zero-order valence-electron chi connectivity index (χ0n) is 5.76. The van der Waals surface area contributed by atoms with Crippen molar-refractivity contribution in [1.82, 2.24) is 5.32 Å². The van der Waals surface area contributed by atoms with E-state index in [1.807, 2.05) is 18.4 Å². The fourth-order valence-electron chi connectivity index (χ4n) is 0.746. The molecule has 1 rings (SSSR count). The molecule has 0 spiro atoms. The van der Waals surface area contributed by atoms with Gasteiger partial charge in [0, 0.05) is 11.4 Å². The predicted octanol–water partition coefficient (Wildman–Crippen LogP) is 1.30. The predicted molar refractivity (Wildman–Crippen MR) is 42.0 cm³/mol. The maximum absolute atomic E-state index is 9.90. The first-order valence-electron chi connectivity index (χ1n) is 3.04. The van der Waals surface area contributed by atoms with E-state index in [4.69, 9.17) is 0 Å².